The first kappa shape index (κ1) is 15.5. The van der Waals surface area contributed by atoms with E-state index in [2.05, 4.69) is 45.4 Å². The Bertz CT molecular complexity index is 628. The molecule has 110 valence electrons. The molecule has 1 amide bonds. The second-order valence-electron chi connectivity index (χ2n) is 5.20. The second kappa shape index (κ2) is 7.22. The number of pyridine rings is 1. The lowest BCUT2D eigenvalue weighted by Crippen LogP contribution is -2.13. The molecule has 0 spiro atoms. The van der Waals surface area contributed by atoms with Crippen LogP contribution in [-0.4, -0.2) is 17.4 Å². The van der Waals surface area contributed by atoms with Crippen molar-refractivity contribution >= 4 is 33.2 Å². The van der Waals surface area contributed by atoms with Crippen LogP contribution in [0.15, 0.2) is 47.2 Å². The van der Waals surface area contributed by atoms with Gasteiger partial charge in [0.15, 0.2) is 0 Å². The Labute approximate surface area is 133 Å². The summed E-state index contributed by atoms with van der Waals surface area (Å²) in [5, 5.41) is 6.12. The highest BCUT2D eigenvalue weighted by atomic mass is 79.9. The first-order valence-corrected chi connectivity index (χ1v) is 7.60. The van der Waals surface area contributed by atoms with Crippen molar-refractivity contribution in [3.05, 3.63) is 52.8 Å². The SMILES string of the molecule is CC(C)CNc1cncc(C(=O)Nc2cccc(Br)c2)c1. The monoisotopic (exact) mass is 347 g/mol. The molecule has 2 rings (SSSR count). The van der Waals surface area contributed by atoms with Gasteiger partial charge in [0.05, 0.1) is 11.3 Å². The van der Waals surface area contributed by atoms with E-state index in [1.807, 2.05) is 30.3 Å². The number of amides is 1. The first-order chi connectivity index (χ1) is 10.0. The van der Waals surface area contributed by atoms with Crippen molar-refractivity contribution in [1.82, 2.24) is 4.98 Å². The topological polar surface area (TPSA) is 54.0 Å². The first-order valence-electron chi connectivity index (χ1n) is 6.80. The van der Waals surface area contributed by atoms with Crippen molar-refractivity contribution in [3.63, 3.8) is 0 Å². The summed E-state index contributed by atoms with van der Waals surface area (Å²) in [5.74, 6) is 0.359. The van der Waals surface area contributed by atoms with Crippen LogP contribution < -0.4 is 10.6 Å². The van der Waals surface area contributed by atoms with Crippen LogP contribution in [0.25, 0.3) is 0 Å². The van der Waals surface area contributed by atoms with E-state index in [0.717, 1.165) is 22.4 Å². The van der Waals surface area contributed by atoms with Crippen LogP contribution in [0.4, 0.5) is 11.4 Å². The predicted octanol–water partition coefficient (Wildman–Crippen LogP) is 4.16. The number of aromatic nitrogens is 1. The number of halogens is 1. The number of nitrogens with one attached hydrogen (secondary N) is 2. The quantitative estimate of drug-likeness (QED) is 0.853. The molecule has 0 radical (unpaired) electrons. The number of carbonyl (C=O) groups is 1. The fourth-order valence-corrected chi connectivity index (χ4v) is 2.15. The van der Waals surface area contributed by atoms with Crippen LogP contribution in [-0.2, 0) is 0 Å². The number of hydrogen-bond acceptors (Lipinski definition) is 3. The van der Waals surface area contributed by atoms with Gasteiger partial charge in [-0.25, -0.2) is 0 Å². The molecule has 0 aliphatic rings. The Morgan fingerprint density at radius 3 is 2.76 bits per heavy atom. The van der Waals surface area contributed by atoms with E-state index in [9.17, 15) is 4.79 Å². The second-order valence-corrected chi connectivity index (χ2v) is 6.12. The van der Waals surface area contributed by atoms with Gasteiger partial charge in [-0.1, -0.05) is 35.8 Å². The van der Waals surface area contributed by atoms with Crippen LogP contribution >= 0.6 is 15.9 Å². The van der Waals surface area contributed by atoms with Crippen molar-refractivity contribution in [2.24, 2.45) is 5.92 Å². The molecule has 1 heterocycles. The summed E-state index contributed by atoms with van der Waals surface area (Å²) in [4.78, 5) is 16.3. The fourth-order valence-electron chi connectivity index (χ4n) is 1.75. The van der Waals surface area contributed by atoms with Gasteiger partial charge in [-0.3, -0.25) is 9.78 Å². The lowest BCUT2D eigenvalue weighted by Gasteiger charge is -2.10. The Hall–Kier alpha value is -1.88. The number of rotatable bonds is 5. The summed E-state index contributed by atoms with van der Waals surface area (Å²) in [6.45, 7) is 5.10. The van der Waals surface area contributed by atoms with Crippen LogP contribution in [0.3, 0.4) is 0 Å². The Balaban J connectivity index is 2.07. The standard InChI is InChI=1S/C16H18BrN3O/c1-11(2)8-19-15-6-12(9-18-10-15)16(21)20-14-5-3-4-13(17)7-14/h3-7,9-11,19H,8H2,1-2H3,(H,20,21). The van der Waals surface area contributed by atoms with Crippen molar-refractivity contribution in [2.45, 2.75) is 13.8 Å². The number of hydrogen-bond donors (Lipinski definition) is 2. The molecule has 5 heteroatoms. The molecule has 21 heavy (non-hydrogen) atoms. The Morgan fingerprint density at radius 2 is 2.05 bits per heavy atom. The maximum Gasteiger partial charge on any atom is 0.257 e. The summed E-state index contributed by atoms with van der Waals surface area (Å²) in [5.41, 5.74) is 2.13. The molecule has 0 aliphatic heterocycles. The van der Waals surface area contributed by atoms with Crippen LogP contribution in [0.2, 0.25) is 0 Å². The molecule has 4 nitrogen and oxygen atoms in total. The predicted molar refractivity (Wildman–Crippen MR) is 89.7 cm³/mol. The maximum absolute atomic E-state index is 12.2. The Morgan fingerprint density at radius 1 is 1.24 bits per heavy atom. The molecule has 0 bridgehead atoms. The minimum Gasteiger partial charge on any atom is -0.384 e. The average Bonchev–Trinajstić information content (AvgIpc) is 2.45. The minimum absolute atomic E-state index is 0.172. The molecular formula is C16H18BrN3O. The number of benzene rings is 1. The van der Waals surface area contributed by atoms with Crippen molar-refractivity contribution in [2.75, 3.05) is 17.2 Å². The zero-order valence-electron chi connectivity index (χ0n) is 12.1. The summed E-state index contributed by atoms with van der Waals surface area (Å²) in [6, 6.07) is 9.29. The highest BCUT2D eigenvalue weighted by molar-refractivity contribution is 9.10. The van der Waals surface area contributed by atoms with Gasteiger partial charge in [-0.2, -0.15) is 0 Å². The third kappa shape index (κ3) is 4.86. The molecule has 0 fully saturated rings. The fraction of sp³-hybridized carbons (Fsp3) is 0.250. The zero-order chi connectivity index (χ0) is 15.2. The van der Waals surface area contributed by atoms with E-state index in [1.54, 1.807) is 12.4 Å². The molecule has 0 atom stereocenters. The van der Waals surface area contributed by atoms with E-state index in [-0.39, 0.29) is 5.91 Å². The molecule has 1 aromatic heterocycles. The van der Waals surface area contributed by atoms with Gasteiger partial charge >= 0.3 is 0 Å². The molecule has 0 unspecified atom stereocenters. The van der Waals surface area contributed by atoms with Gasteiger partial charge in [0.2, 0.25) is 0 Å². The van der Waals surface area contributed by atoms with Gasteiger partial charge in [0.25, 0.3) is 5.91 Å². The normalized spacial score (nSPS) is 10.5. The van der Waals surface area contributed by atoms with Crippen LogP contribution in [0.1, 0.15) is 24.2 Å². The molecular weight excluding hydrogens is 330 g/mol. The number of anilines is 2. The maximum atomic E-state index is 12.2. The largest absolute Gasteiger partial charge is 0.384 e. The van der Waals surface area contributed by atoms with E-state index in [4.69, 9.17) is 0 Å². The Kier molecular flexibility index (Phi) is 5.33. The summed E-state index contributed by atoms with van der Waals surface area (Å²) in [6.07, 6.45) is 3.28. The highest BCUT2D eigenvalue weighted by Crippen LogP contribution is 2.17. The van der Waals surface area contributed by atoms with Crippen molar-refractivity contribution in [1.29, 1.82) is 0 Å². The molecule has 2 N–H and O–H groups in total. The molecule has 0 aliphatic carbocycles. The van der Waals surface area contributed by atoms with Gasteiger partial charge in [0, 0.05) is 29.1 Å². The summed E-state index contributed by atoms with van der Waals surface area (Å²) < 4.78 is 0.922. The molecule has 0 saturated heterocycles. The van der Waals surface area contributed by atoms with E-state index in [1.165, 1.54) is 0 Å². The van der Waals surface area contributed by atoms with Gasteiger partial charge < -0.3 is 10.6 Å². The third-order valence-electron chi connectivity index (χ3n) is 2.80. The minimum atomic E-state index is -0.172. The van der Waals surface area contributed by atoms with Gasteiger partial charge in [-0.05, 0) is 30.2 Å². The average molecular weight is 348 g/mol. The smallest absolute Gasteiger partial charge is 0.257 e. The van der Waals surface area contributed by atoms with Crippen LogP contribution in [0, 0.1) is 5.92 Å². The molecule has 0 saturated carbocycles. The third-order valence-corrected chi connectivity index (χ3v) is 3.29. The van der Waals surface area contributed by atoms with Gasteiger partial charge in [0.1, 0.15) is 0 Å². The lowest BCUT2D eigenvalue weighted by atomic mass is 10.2. The highest BCUT2D eigenvalue weighted by Gasteiger charge is 2.08. The van der Waals surface area contributed by atoms with Crippen molar-refractivity contribution in [3.8, 4) is 0 Å². The van der Waals surface area contributed by atoms with E-state index < -0.39 is 0 Å². The van der Waals surface area contributed by atoms with E-state index >= 15 is 0 Å². The van der Waals surface area contributed by atoms with E-state index in [0.29, 0.717) is 11.5 Å². The zero-order valence-corrected chi connectivity index (χ0v) is 13.6. The number of carbonyl (C=O) groups excluding carboxylic acids is 1. The molecule has 1 aromatic carbocycles. The van der Waals surface area contributed by atoms with Gasteiger partial charge in [-0.15, -0.1) is 0 Å². The van der Waals surface area contributed by atoms with Crippen molar-refractivity contribution < 1.29 is 4.79 Å². The molecule has 2 aromatic rings. The lowest BCUT2D eigenvalue weighted by molar-refractivity contribution is 0.102. The summed E-state index contributed by atoms with van der Waals surface area (Å²) >= 11 is 3.38. The summed E-state index contributed by atoms with van der Waals surface area (Å²) in [7, 11) is 0. The number of nitrogens with zero attached hydrogens (tertiary/aromatic N) is 1. The van der Waals surface area contributed by atoms with Crippen LogP contribution in [0.5, 0.6) is 0 Å².